The molecule has 0 spiro atoms. The van der Waals surface area contributed by atoms with Crippen molar-refractivity contribution in [2.45, 2.75) is 23.5 Å². The molecule has 2 aliphatic rings. The highest BCUT2D eigenvalue weighted by atomic mass is 35.5. The van der Waals surface area contributed by atoms with Gasteiger partial charge in [-0.2, -0.15) is 0 Å². The molecule has 0 aromatic carbocycles. The summed E-state index contributed by atoms with van der Waals surface area (Å²) in [6.45, 7) is 0.518. The Morgan fingerprint density at radius 3 is 2.94 bits per heavy atom. The van der Waals surface area contributed by atoms with E-state index in [0.717, 1.165) is 6.07 Å². The molecule has 2 saturated heterocycles. The summed E-state index contributed by atoms with van der Waals surface area (Å²) in [5.74, 6) is 3.94. The van der Waals surface area contributed by atoms with Crippen LogP contribution in [0.4, 0.5) is 15.0 Å². The number of fused-ring (bicyclic) bond motifs is 1. The van der Waals surface area contributed by atoms with E-state index in [-0.39, 0.29) is 45.5 Å². The molecule has 13 heteroatoms. The van der Waals surface area contributed by atoms with E-state index in [4.69, 9.17) is 16.3 Å². The summed E-state index contributed by atoms with van der Waals surface area (Å²) in [4.78, 5) is 18.6. The van der Waals surface area contributed by atoms with E-state index in [0.29, 0.717) is 13.0 Å². The van der Waals surface area contributed by atoms with E-state index >= 15 is 0 Å². The van der Waals surface area contributed by atoms with Gasteiger partial charge in [0.2, 0.25) is 5.88 Å². The molecule has 0 bridgehead atoms. The number of rotatable bonds is 4. The first-order chi connectivity index (χ1) is 15.3. The molecule has 2 aromatic heterocycles. The minimum Gasteiger partial charge on any atom is -0.480 e. The Morgan fingerprint density at radius 1 is 1.34 bits per heavy atom. The van der Waals surface area contributed by atoms with Crippen LogP contribution in [0.3, 0.4) is 0 Å². The summed E-state index contributed by atoms with van der Waals surface area (Å²) < 4.78 is 47.5. The van der Waals surface area contributed by atoms with Gasteiger partial charge in [-0.15, -0.1) is 0 Å². The number of urea groups is 1. The van der Waals surface area contributed by atoms with Crippen molar-refractivity contribution in [3.05, 3.63) is 40.9 Å². The highest BCUT2D eigenvalue weighted by Gasteiger charge is 2.36. The monoisotopic (exact) mass is 480 g/mol. The summed E-state index contributed by atoms with van der Waals surface area (Å²) in [5.41, 5.74) is -0.0235. The van der Waals surface area contributed by atoms with Crippen LogP contribution < -0.4 is 25.4 Å². The standard InChI is InChI=1S/C19H18ClFN6O4S/c1-31-18-14(7-12(20)9-24-18)32(29,30)27-17-15(21)11(4-5-22-17)3-2-10-6-13-16(23-8-10)26-19(28)25-13/h4-5,7,9-10,13,16,23H,6,8H2,1H3,(H,22,27)(H2,25,26,28). The molecule has 3 atom stereocenters. The van der Waals surface area contributed by atoms with Crippen LogP contribution in [0, 0.1) is 23.6 Å². The van der Waals surface area contributed by atoms with Gasteiger partial charge in [0.15, 0.2) is 16.5 Å². The van der Waals surface area contributed by atoms with Crippen LogP contribution in [-0.4, -0.2) is 50.3 Å². The average molecular weight is 481 g/mol. The predicted octanol–water partition coefficient (Wildman–Crippen LogP) is 1.05. The molecule has 4 heterocycles. The molecule has 2 amide bonds. The zero-order chi connectivity index (χ0) is 22.9. The molecule has 0 aliphatic carbocycles. The van der Waals surface area contributed by atoms with Crippen LogP contribution in [0.25, 0.3) is 0 Å². The zero-order valence-electron chi connectivity index (χ0n) is 16.6. The number of methoxy groups -OCH3 is 1. The Labute approximate surface area is 188 Å². The molecular weight excluding hydrogens is 463 g/mol. The predicted molar refractivity (Wildman–Crippen MR) is 113 cm³/mol. The molecule has 2 aromatic rings. The minimum absolute atomic E-state index is 0.0235. The maximum Gasteiger partial charge on any atom is 0.316 e. The summed E-state index contributed by atoms with van der Waals surface area (Å²) >= 11 is 5.85. The van der Waals surface area contributed by atoms with Gasteiger partial charge in [0.1, 0.15) is 6.17 Å². The van der Waals surface area contributed by atoms with E-state index in [1.807, 2.05) is 0 Å². The van der Waals surface area contributed by atoms with Gasteiger partial charge in [0.25, 0.3) is 10.0 Å². The Bertz CT molecular complexity index is 1230. The van der Waals surface area contributed by atoms with Gasteiger partial charge >= 0.3 is 6.03 Å². The van der Waals surface area contributed by atoms with Crippen molar-refractivity contribution in [1.29, 1.82) is 0 Å². The Kier molecular flexibility index (Phi) is 6.05. The van der Waals surface area contributed by atoms with Crippen LogP contribution >= 0.6 is 11.6 Å². The van der Waals surface area contributed by atoms with Crippen molar-refractivity contribution in [2.75, 3.05) is 18.4 Å². The fourth-order valence-corrected chi connectivity index (χ4v) is 4.80. The number of amides is 2. The molecule has 32 heavy (non-hydrogen) atoms. The first kappa shape index (κ1) is 22.1. The zero-order valence-corrected chi connectivity index (χ0v) is 18.2. The summed E-state index contributed by atoms with van der Waals surface area (Å²) in [5, 5.41) is 8.77. The maximum absolute atomic E-state index is 15.0. The molecule has 168 valence electrons. The lowest BCUT2D eigenvalue weighted by atomic mass is 9.94. The van der Waals surface area contributed by atoms with Gasteiger partial charge < -0.3 is 15.4 Å². The fraction of sp³-hybridized carbons (Fsp3) is 0.316. The third kappa shape index (κ3) is 4.55. The van der Waals surface area contributed by atoms with Crippen LogP contribution in [0.2, 0.25) is 5.02 Å². The van der Waals surface area contributed by atoms with E-state index in [1.165, 1.54) is 25.6 Å². The number of hydrogen-bond donors (Lipinski definition) is 4. The average Bonchev–Trinajstić information content (AvgIpc) is 3.13. The highest BCUT2D eigenvalue weighted by Crippen LogP contribution is 2.27. The van der Waals surface area contributed by atoms with Crippen LogP contribution in [-0.2, 0) is 10.0 Å². The lowest BCUT2D eigenvalue weighted by Crippen LogP contribution is -2.52. The molecule has 0 saturated carbocycles. The van der Waals surface area contributed by atoms with Gasteiger partial charge in [0.05, 0.1) is 23.7 Å². The van der Waals surface area contributed by atoms with Gasteiger partial charge in [-0.3, -0.25) is 10.0 Å². The normalized spacial score (nSPS) is 22.1. The van der Waals surface area contributed by atoms with E-state index in [9.17, 15) is 17.6 Å². The second kappa shape index (κ2) is 8.78. The van der Waals surface area contributed by atoms with Crippen LogP contribution in [0.5, 0.6) is 5.88 Å². The SMILES string of the molecule is COc1ncc(Cl)cc1S(=O)(=O)Nc1nccc(C#CC2CNC3NC(=O)NC3C2)c1F. The molecule has 4 rings (SSSR count). The second-order valence-electron chi connectivity index (χ2n) is 7.10. The van der Waals surface area contributed by atoms with Crippen molar-refractivity contribution in [2.24, 2.45) is 5.92 Å². The molecule has 0 radical (unpaired) electrons. The number of aromatic nitrogens is 2. The topological polar surface area (TPSA) is 134 Å². The number of nitrogens with one attached hydrogen (secondary N) is 4. The molecule has 2 fully saturated rings. The number of ether oxygens (including phenoxy) is 1. The fourth-order valence-electron chi connectivity index (χ4n) is 3.42. The molecule has 4 N–H and O–H groups in total. The second-order valence-corrected chi connectivity index (χ2v) is 9.19. The Balaban J connectivity index is 1.54. The van der Waals surface area contributed by atoms with Gasteiger partial charge in [-0.05, 0) is 18.6 Å². The maximum atomic E-state index is 15.0. The lowest BCUT2D eigenvalue weighted by Gasteiger charge is -2.28. The molecular formula is C19H18ClFN6O4S. The third-order valence-corrected chi connectivity index (χ3v) is 6.47. The van der Waals surface area contributed by atoms with Crippen LogP contribution in [0.15, 0.2) is 29.4 Å². The summed E-state index contributed by atoms with van der Waals surface area (Å²) in [6, 6.07) is 2.13. The number of anilines is 1. The Hall–Kier alpha value is -3.14. The number of hydrogen-bond acceptors (Lipinski definition) is 7. The van der Waals surface area contributed by atoms with Gasteiger partial charge in [-0.1, -0.05) is 23.4 Å². The van der Waals surface area contributed by atoms with Gasteiger partial charge in [0, 0.05) is 24.9 Å². The number of sulfonamides is 1. The quantitative estimate of drug-likeness (QED) is 0.480. The number of halogens is 2. The van der Waals surface area contributed by atoms with Crippen LogP contribution in [0.1, 0.15) is 12.0 Å². The van der Waals surface area contributed by atoms with E-state index < -0.39 is 21.7 Å². The van der Waals surface area contributed by atoms with Crippen molar-refractivity contribution >= 4 is 33.5 Å². The van der Waals surface area contributed by atoms with Crippen molar-refractivity contribution in [1.82, 2.24) is 25.9 Å². The number of nitrogens with zero attached hydrogens (tertiary/aromatic N) is 2. The van der Waals surface area contributed by atoms with E-state index in [2.05, 4.69) is 42.5 Å². The number of pyridine rings is 2. The number of piperidine rings is 1. The number of carbonyl (C=O) groups excluding carboxylic acids is 1. The van der Waals surface area contributed by atoms with Crippen molar-refractivity contribution < 1.29 is 22.3 Å². The van der Waals surface area contributed by atoms with Crippen molar-refractivity contribution in [3.8, 4) is 17.7 Å². The summed E-state index contributed by atoms with van der Waals surface area (Å²) in [7, 11) is -3.05. The molecule has 3 unspecified atom stereocenters. The largest absolute Gasteiger partial charge is 0.480 e. The highest BCUT2D eigenvalue weighted by molar-refractivity contribution is 7.92. The van der Waals surface area contributed by atoms with E-state index in [1.54, 1.807) is 0 Å². The smallest absolute Gasteiger partial charge is 0.316 e. The van der Waals surface area contributed by atoms with Crippen molar-refractivity contribution in [3.63, 3.8) is 0 Å². The molecule has 2 aliphatic heterocycles. The first-order valence-corrected chi connectivity index (χ1v) is 11.3. The Morgan fingerprint density at radius 2 is 2.16 bits per heavy atom. The third-order valence-electron chi connectivity index (χ3n) is 4.93. The van der Waals surface area contributed by atoms with Gasteiger partial charge in [-0.25, -0.2) is 27.6 Å². The lowest BCUT2D eigenvalue weighted by molar-refractivity contribution is 0.246. The number of carbonyl (C=O) groups is 1. The summed E-state index contributed by atoms with van der Waals surface area (Å²) in [6.07, 6.45) is 2.91. The minimum atomic E-state index is -4.30. The first-order valence-electron chi connectivity index (χ1n) is 9.45. The molecule has 10 nitrogen and oxygen atoms in total.